The van der Waals surface area contributed by atoms with Gasteiger partial charge in [-0.05, 0) is 18.8 Å². The predicted octanol–water partition coefficient (Wildman–Crippen LogP) is 8.76. The minimum absolute atomic E-state index is 0.184. The molecule has 0 aromatic rings. The molecule has 11 unspecified atom stereocenters. The molecular formula is C48H94O11. The lowest BCUT2D eigenvalue weighted by atomic mass is 9.96. The summed E-state index contributed by atoms with van der Waals surface area (Å²) in [6.07, 6.45) is 24.4. The van der Waals surface area contributed by atoms with E-state index in [9.17, 15) is 35.7 Å². The average molecular weight is 847 g/mol. The van der Waals surface area contributed by atoms with Gasteiger partial charge in [0.1, 0.15) is 48.8 Å². The van der Waals surface area contributed by atoms with Crippen molar-refractivity contribution in [3.63, 3.8) is 0 Å². The molecule has 2 rings (SSSR count). The Bertz CT molecular complexity index is 939. The van der Waals surface area contributed by atoms with Crippen molar-refractivity contribution >= 4 is 0 Å². The first-order valence-corrected chi connectivity index (χ1v) is 24.9. The van der Waals surface area contributed by atoms with Crippen molar-refractivity contribution in [2.24, 2.45) is 5.92 Å². The highest BCUT2D eigenvalue weighted by molar-refractivity contribution is 4.94. The number of rotatable bonds is 38. The molecule has 7 N–H and O–H groups in total. The molecule has 0 aromatic carbocycles. The van der Waals surface area contributed by atoms with Crippen LogP contribution in [0.15, 0.2) is 0 Å². The molecule has 0 radical (unpaired) electrons. The van der Waals surface area contributed by atoms with Crippen LogP contribution in [0.25, 0.3) is 0 Å². The zero-order valence-electron chi connectivity index (χ0n) is 38.0. The molecule has 0 spiro atoms. The molecule has 11 atom stereocenters. The van der Waals surface area contributed by atoms with Crippen LogP contribution in [0, 0.1) is 5.92 Å². The number of hydrogen-bond donors (Lipinski definition) is 7. The number of hydrogen-bond acceptors (Lipinski definition) is 11. The van der Waals surface area contributed by atoms with Gasteiger partial charge in [0.15, 0.2) is 12.6 Å². The Kier molecular flexibility index (Phi) is 32.4. The smallest absolute Gasteiger partial charge is 0.187 e. The lowest BCUT2D eigenvalue weighted by Crippen LogP contribution is -2.64. The average Bonchev–Trinajstić information content (AvgIpc) is 3.22. The molecule has 352 valence electrons. The van der Waals surface area contributed by atoms with Gasteiger partial charge in [0.2, 0.25) is 0 Å². The van der Waals surface area contributed by atoms with E-state index in [2.05, 4.69) is 20.8 Å². The topological polar surface area (TPSA) is 179 Å². The standard InChI is InChI=1S/C48H94O11/c1-4-5-6-7-8-9-10-11-12-13-14-18-21-24-27-30-33-38(34-31-28-25-22-19-16-15-17-20-23-26-29-32-37(2)3)56-47-45(55)43(53)46(40(36-50)58-47)59-48-44(54)42(52)41(51)39(35-49)57-48/h37-55H,4-36H2,1-3H3. The molecule has 11 heteroatoms. The monoisotopic (exact) mass is 847 g/mol. The van der Waals surface area contributed by atoms with Crippen LogP contribution >= 0.6 is 0 Å². The Hall–Kier alpha value is -0.440. The summed E-state index contributed by atoms with van der Waals surface area (Å²) in [5.41, 5.74) is 0. The van der Waals surface area contributed by atoms with Gasteiger partial charge in [-0.1, -0.05) is 207 Å². The summed E-state index contributed by atoms with van der Waals surface area (Å²) in [5, 5.41) is 73.0. The summed E-state index contributed by atoms with van der Waals surface area (Å²) < 4.78 is 23.6. The minimum Gasteiger partial charge on any atom is -0.394 e. The van der Waals surface area contributed by atoms with E-state index in [-0.39, 0.29) is 6.10 Å². The van der Waals surface area contributed by atoms with E-state index >= 15 is 0 Å². The van der Waals surface area contributed by atoms with Gasteiger partial charge in [0, 0.05) is 0 Å². The molecule has 0 saturated carbocycles. The van der Waals surface area contributed by atoms with Crippen LogP contribution in [0.5, 0.6) is 0 Å². The van der Waals surface area contributed by atoms with Crippen LogP contribution in [-0.4, -0.2) is 116 Å². The normalized spacial score (nSPS) is 28.1. The summed E-state index contributed by atoms with van der Waals surface area (Å²) in [6, 6.07) is 0. The summed E-state index contributed by atoms with van der Waals surface area (Å²) in [7, 11) is 0. The predicted molar refractivity (Wildman–Crippen MR) is 235 cm³/mol. The van der Waals surface area contributed by atoms with Crippen molar-refractivity contribution < 1.29 is 54.7 Å². The van der Waals surface area contributed by atoms with Crippen LogP contribution in [-0.2, 0) is 18.9 Å². The molecule has 2 aliphatic rings. The number of aliphatic hydroxyl groups excluding tert-OH is 7. The van der Waals surface area contributed by atoms with Gasteiger partial charge in [-0.25, -0.2) is 0 Å². The fraction of sp³-hybridized carbons (Fsp3) is 1.00. The second-order valence-corrected chi connectivity index (χ2v) is 18.6. The van der Waals surface area contributed by atoms with E-state index in [1.165, 1.54) is 161 Å². The van der Waals surface area contributed by atoms with Crippen LogP contribution in [0.1, 0.15) is 220 Å². The highest BCUT2D eigenvalue weighted by atomic mass is 16.7. The third-order valence-electron chi connectivity index (χ3n) is 12.7. The zero-order valence-corrected chi connectivity index (χ0v) is 38.0. The van der Waals surface area contributed by atoms with Gasteiger partial charge in [-0.3, -0.25) is 0 Å². The maximum absolute atomic E-state index is 11.2. The summed E-state index contributed by atoms with van der Waals surface area (Å²) >= 11 is 0. The molecule has 59 heavy (non-hydrogen) atoms. The zero-order chi connectivity index (χ0) is 43.1. The molecule has 2 saturated heterocycles. The first-order chi connectivity index (χ1) is 28.6. The van der Waals surface area contributed by atoms with Gasteiger partial charge in [0.05, 0.1) is 19.3 Å². The fourth-order valence-electron chi connectivity index (χ4n) is 8.75. The van der Waals surface area contributed by atoms with Crippen molar-refractivity contribution in [2.45, 2.75) is 287 Å². The molecular weight excluding hydrogens is 753 g/mol. The third kappa shape index (κ3) is 23.7. The molecule has 11 nitrogen and oxygen atoms in total. The van der Waals surface area contributed by atoms with Crippen molar-refractivity contribution in [1.82, 2.24) is 0 Å². The first kappa shape index (κ1) is 54.7. The minimum atomic E-state index is -1.70. The number of ether oxygens (including phenoxy) is 4. The third-order valence-corrected chi connectivity index (χ3v) is 12.7. The van der Waals surface area contributed by atoms with Gasteiger partial charge in [-0.2, -0.15) is 0 Å². The van der Waals surface area contributed by atoms with Gasteiger partial charge in [-0.15, -0.1) is 0 Å². The second-order valence-electron chi connectivity index (χ2n) is 18.6. The van der Waals surface area contributed by atoms with E-state index < -0.39 is 74.6 Å². The van der Waals surface area contributed by atoms with Crippen LogP contribution in [0.4, 0.5) is 0 Å². The van der Waals surface area contributed by atoms with Crippen LogP contribution in [0.2, 0.25) is 0 Å². The molecule has 2 heterocycles. The van der Waals surface area contributed by atoms with Gasteiger partial charge in [0.25, 0.3) is 0 Å². The first-order valence-electron chi connectivity index (χ1n) is 24.9. The van der Waals surface area contributed by atoms with Crippen molar-refractivity contribution in [3.8, 4) is 0 Å². The fourth-order valence-corrected chi connectivity index (χ4v) is 8.75. The van der Waals surface area contributed by atoms with E-state index in [0.717, 1.165) is 44.4 Å². The highest BCUT2D eigenvalue weighted by Crippen LogP contribution is 2.31. The Morgan fingerprint density at radius 2 is 0.763 bits per heavy atom. The van der Waals surface area contributed by atoms with Crippen molar-refractivity contribution in [1.29, 1.82) is 0 Å². The van der Waals surface area contributed by atoms with E-state index in [0.29, 0.717) is 0 Å². The Labute approximate surface area is 360 Å². The van der Waals surface area contributed by atoms with Gasteiger partial charge < -0.3 is 54.7 Å². The maximum atomic E-state index is 11.2. The molecule has 2 aliphatic heterocycles. The molecule has 0 amide bonds. The largest absolute Gasteiger partial charge is 0.394 e. The van der Waals surface area contributed by atoms with Crippen molar-refractivity contribution in [2.75, 3.05) is 13.2 Å². The van der Waals surface area contributed by atoms with Crippen LogP contribution < -0.4 is 0 Å². The maximum Gasteiger partial charge on any atom is 0.187 e. The summed E-state index contributed by atoms with van der Waals surface area (Å²) in [6.45, 7) is 5.66. The van der Waals surface area contributed by atoms with E-state index in [1.807, 2.05) is 0 Å². The Morgan fingerprint density at radius 1 is 0.407 bits per heavy atom. The van der Waals surface area contributed by atoms with Crippen molar-refractivity contribution in [3.05, 3.63) is 0 Å². The second kappa shape index (κ2) is 35.0. The number of unbranched alkanes of at least 4 members (excludes halogenated alkanes) is 26. The number of aliphatic hydroxyl groups is 7. The molecule has 0 bridgehead atoms. The lowest BCUT2D eigenvalue weighted by molar-refractivity contribution is -0.363. The van der Waals surface area contributed by atoms with E-state index in [1.54, 1.807) is 0 Å². The lowest BCUT2D eigenvalue weighted by Gasteiger charge is -2.46. The summed E-state index contributed by atoms with van der Waals surface area (Å²) in [5.74, 6) is 0.816. The quantitative estimate of drug-likeness (QED) is 0.0296. The van der Waals surface area contributed by atoms with Gasteiger partial charge >= 0.3 is 0 Å². The summed E-state index contributed by atoms with van der Waals surface area (Å²) in [4.78, 5) is 0. The Balaban J connectivity index is 1.78. The SMILES string of the molecule is CCCCCCCCCCCCCCCCCCC(CCCCCCCCCCCCCCC(C)C)OC1OC(CO)C(OC2OC(CO)C(O)C(O)C2O)C(O)C1O. The molecule has 0 aromatic heterocycles. The highest BCUT2D eigenvalue weighted by Gasteiger charge is 2.51. The molecule has 2 fully saturated rings. The van der Waals surface area contributed by atoms with E-state index in [4.69, 9.17) is 18.9 Å². The van der Waals surface area contributed by atoms with Crippen LogP contribution in [0.3, 0.4) is 0 Å². The molecule has 0 aliphatic carbocycles. The Morgan fingerprint density at radius 3 is 1.15 bits per heavy atom.